The number of epoxide rings is 1. The smallest absolute Gasteiger partial charge is 0.330 e. The molecule has 0 aliphatic carbocycles. The number of aromatic nitrogens is 4. The van der Waals surface area contributed by atoms with Crippen molar-refractivity contribution >= 4 is 17.0 Å². The summed E-state index contributed by atoms with van der Waals surface area (Å²) in [5, 5.41) is 9.16. The highest BCUT2D eigenvalue weighted by atomic mass is 16.7. The molecule has 0 saturated carbocycles. The van der Waals surface area contributed by atoms with Crippen molar-refractivity contribution in [1.82, 2.24) is 19.5 Å². The van der Waals surface area contributed by atoms with Crippen molar-refractivity contribution in [1.29, 1.82) is 0 Å². The Labute approximate surface area is 106 Å². The predicted octanol–water partition coefficient (Wildman–Crippen LogP) is -1.64. The van der Waals surface area contributed by atoms with E-state index in [1.165, 1.54) is 10.9 Å². The zero-order valence-electron chi connectivity index (χ0n) is 9.68. The van der Waals surface area contributed by atoms with Crippen LogP contribution in [0.5, 0.6) is 0 Å². The number of hydrogen-bond acceptors (Lipinski definition) is 7. The third-order valence-corrected chi connectivity index (χ3v) is 3.49. The van der Waals surface area contributed by atoms with Gasteiger partial charge in [0, 0.05) is 0 Å². The maximum Gasteiger partial charge on any atom is 0.330 e. The van der Waals surface area contributed by atoms with Crippen molar-refractivity contribution in [3.8, 4) is 0 Å². The summed E-state index contributed by atoms with van der Waals surface area (Å²) in [7, 11) is 0. The van der Waals surface area contributed by atoms with E-state index in [1.807, 2.05) is 0 Å². The van der Waals surface area contributed by atoms with Crippen LogP contribution in [0.1, 0.15) is 6.23 Å². The molecule has 2 fully saturated rings. The average Bonchev–Trinajstić information content (AvgIpc) is 3.00. The Bertz CT molecular complexity index is 709. The molecule has 4 heterocycles. The Hall–Kier alpha value is -1.97. The number of H-pyrrole nitrogens is 1. The number of nitrogens with two attached hydrogens (primary N) is 1. The minimum absolute atomic E-state index is 0.147. The molecule has 0 radical (unpaired) electrons. The molecule has 2 aromatic heterocycles. The molecule has 9 nitrogen and oxygen atoms in total. The van der Waals surface area contributed by atoms with Crippen LogP contribution in [-0.4, -0.2) is 49.5 Å². The molecule has 4 N–H and O–H groups in total. The van der Waals surface area contributed by atoms with E-state index in [9.17, 15) is 4.79 Å². The number of imidazole rings is 1. The van der Waals surface area contributed by atoms with Crippen LogP contribution in [0.2, 0.25) is 0 Å². The van der Waals surface area contributed by atoms with E-state index in [4.69, 9.17) is 20.3 Å². The Morgan fingerprint density at radius 1 is 1.42 bits per heavy atom. The fraction of sp³-hybridized carbons (Fsp3) is 0.500. The number of nitrogen functional groups attached to an aromatic ring is 1. The number of hydrogen-bond donors (Lipinski definition) is 3. The fourth-order valence-electron chi connectivity index (χ4n) is 2.54. The van der Waals surface area contributed by atoms with Crippen LogP contribution in [-0.2, 0) is 9.47 Å². The first-order valence-corrected chi connectivity index (χ1v) is 5.83. The molecule has 2 aromatic rings. The molecular formula is C10H11N5O4. The van der Waals surface area contributed by atoms with Crippen molar-refractivity contribution in [3.63, 3.8) is 0 Å². The lowest BCUT2D eigenvalue weighted by Gasteiger charge is -2.16. The van der Waals surface area contributed by atoms with E-state index in [0.29, 0.717) is 11.2 Å². The molecule has 4 unspecified atom stereocenters. The maximum atomic E-state index is 12.0. The topological polar surface area (TPSA) is 132 Å². The summed E-state index contributed by atoms with van der Waals surface area (Å²) in [4.78, 5) is 22.5. The SMILES string of the molecule is Nc1ncnc2c1[nH]c(=O)n2C1OC(CO)C2OC21. The van der Waals surface area contributed by atoms with Crippen molar-refractivity contribution in [3.05, 3.63) is 16.8 Å². The van der Waals surface area contributed by atoms with Gasteiger partial charge in [0.15, 0.2) is 17.7 Å². The number of aliphatic hydroxyl groups excluding tert-OH is 1. The Morgan fingerprint density at radius 2 is 2.26 bits per heavy atom. The minimum Gasteiger partial charge on any atom is -0.394 e. The number of rotatable bonds is 2. The molecular weight excluding hydrogens is 254 g/mol. The van der Waals surface area contributed by atoms with Gasteiger partial charge in [-0.05, 0) is 0 Å². The quantitative estimate of drug-likeness (QED) is 0.555. The zero-order chi connectivity index (χ0) is 13.1. The minimum atomic E-state index is -0.599. The molecule has 0 amide bonds. The second-order valence-electron chi connectivity index (χ2n) is 4.57. The highest BCUT2D eigenvalue weighted by Crippen LogP contribution is 2.44. The van der Waals surface area contributed by atoms with Crippen molar-refractivity contribution in [2.75, 3.05) is 12.3 Å². The van der Waals surface area contributed by atoms with Gasteiger partial charge in [-0.3, -0.25) is 0 Å². The van der Waals surface area contributed by atoms with E-state index in [0.717, 1.165) is 0 Å². The molecule has 100 valence electrons. The lowest BCUT2D eigenvalue weighted by atomic mass is 10.2. The van der Waals surface area contributed by atoms with Gasteiger partial charge in [-0.15, -0.1) is 0 Å². The first-order chi connectivity index (χ1) is 9.20. The van der Waals surface area contributed by atoms with Gasteiger partial charge in [0.1, 0.15) is 30.2 Å². The third-order valence-electron chi connectivity index (χ3n) is 3.49. The lowest BCUT2D eigenvalue weighted by Crippen LogP contribution is -2.28. The molecule has 4 atom stereocenters. The highest BCUT2D eigenvalue weighted by molar-refractivity contribution is 5.81. The second kappa shape index (κ2) is 3.53. The van der Waals surface area contributed by atoms with E-state index < -0.39 is 12.3 Å². The van der Waals surface area contributed by atoms with E-state index in [-0.39, 0.29) is 30.3 Å². The van der Waals surface area contributed by atoms with Crippen LogP contribution in [0.15, 0.2) is 11.1 Å². The molecule has 4 rings (SSSR count). The van der Waals surface area contributed by atoms with Gasteiger partial charge in [-0.1, -0.05) is 0 Å². The molecule has 2 saturated heterocycles. The number of fused-ring (bicyclic) bond motifs is 2. The fourth-order valence-corrected chi connectivity index (χ4v) is 2.54. The largest absolute Gasteiger partial charge is 0.394 e. The average molecular weight is 265 g/mol. The summed E-state index contributed by atoms with van der Waals surface area (Å²) in [5.41, 5.74) is 6.05. The van der Waals surface area contributed by atoms with Gasteiger partial charge in [0.25, 0.3) is 0 Å². The van der Waals surface area contributed by atoms with Gasteiger partial charge in [-0.2, -0.15) is 0 Å². The van der Waals surface area contributed by atoms with Crippen molar-refractivity contribution < 1.29 is 14.6 Å². The van der Waals surface area contributed by atoms with Crippen molar-refractivity contribution in [2.24, 2.45) is 0 Å². The van der Waals surface area contributed by atoms with Gasteiger partial charge >= 0.3 is 5.69 Å². The monoisotopic (exact) mass is 265 g/mol. The summed E-state index contributed by atoms with van der Waals surface area (Å²) in [6.45, 7) is -0.147. The number of aromatic amines is 1. The van der Waals surface area contributed by atoms with Gasteiger partial charge in [-0.25, -0.2) is 19.3 Å². The van der Waals surface area contributed by atoms with Crippen LogP contribution >= 0.6 is 0 Å². The van der Waals surface area contributed by atoms with E-state index in [1.54, 1.807) is 0 Å². The predicted molar refractivity (Wildman–Crippen MR) is 62.2 cm³/mol. The summed E-state index contributed by atoms with van der Waals surface area (Å²) < 4.78 is 12.4. The van der Waals surface area contributed by atoms with Crippen LogP contribution in [0.3, 0.4) is 0 Å². The molecule has 0 spiro atoms. The molecule has 2 aliphatic rings. The number of ether oxygens (including phenoxy) is 2. The molecule has 0 bridgehead atoms. The number of anilines is 1. The van der Waals surface area contributed by atoms with Crippen LogP contribution < -0.4 is 11.4 Å². The Balaban J connectivity index is 1.86. The highest BCUT2D eigenvalue weighted by Gasteiger charge is 2.59. The molecule has 0 aromatic carbocycles. The molecule has 9 heteroatoms. The second-order valence-corrected chi connectivity index (χ2v) is 4.57. The summed E-state index contributed by atoms with van der Waals surface area (Å²) in [6.07, 6.45) is -0.120. The zero-order valence-corrected chi connectivity index (χ0v) is 9.68. The van der Waals surface area contributed by atoms with Crippen LogP contribution in [0.25, 0.3) is 11.2 Å². The summed E-state index contributed by atoms with van der Waals surface area (Å²) in [6, 6.07) is 0. The number of nitrogens with one attached hydrogen (secondary N) is 1. The third kappa shape index (κ3) is 1.37. The van der Waals surface area contributed by atoms with Crippen molar-refractivity contribution in [2.45, 2.75) is 24.5 Å². The molecule has 19 heavy (non-hydrogen) atoms. The van der Waals surface area contributed by atoms with E-state index in [2.05, 4.69) is 15.0 Å². The van der Waals surface area contributed by atoms with Gasteiger partial charge in [0.2, 0.25) is 0 Å². The first kappa shape index (κ1) is 10.9. The number of nitrogens with zero attached hydrogens (tertiary/aromatic N) is 3. The lowest BCUT2D eigenvalue weighted by molar-refractivity contribution is -0.0835. The molecule has 2 aliphatic heterocycles. The normalized spacial score (nSPS) is 32.7. The van der Waals surface area contributed by atoms with Crippen LogP contribution in [0.4, 0.5) is 5.82 Å². The first-order valence-electron chi connectivity index (χ1n) is 5.83. The van der Waals surface area contributed by atoms with Crippen LogP contribution in [0, 0.1) is 0 Å². The Morgan fingerprint density at radius 3 is 3.00 bits per heavy atom. The maximum absolute atomic E-state index is 12.0. The summed E-state index contributed by atoms with van der Waals surface area (Å²) >= 11 is 0. The Kier molecular flexibility index (Phi) is 2.03. The summed E-state index contributed by atoms with van der Waals surface area (Å²) in [5.74, 6) is 0.200. The van der Waals surface area contributed by atoms with E-state index >= 15 is 0 Å². The number of aliphatic hydroxyl groups is 1. The van der Waals surface area contributed by atoms with Gasteiger partial charge in [0.05, 0.1) is 6.61 Å². The standard InChI is InChI=1S/C10H11N5O4/c11-7-4-8(13-2-12-7)15(10(17)14-4)9-6-5(19-6)3(1-16)18-9/h2-3,5-6,9,16H,1H2,(H,14,17)(H2,11,12,13). The van der Waals surface area contributed by atoms with Gasteiger partial charge < -0.3 is 25.3 Å².